The fourth-order valence-corrected chi connectivity index (χ4v) is 1.73. The van der Waals surface area contributed by atoms with Gasteiger partial charge in [-0.3, -0.25) is 4.79 Å². The summed E-state index contributed by atoms with van der Waals surface area (Å²) in [4.78, 5) is 10.8. The Balaban J connectivity index is 2.97. The minimum Gasteiger partial charge on any atom is -0.478 e. The van der Waals surface area contributed by atoms with Gasteiger partial charge in [0, 0.05) is 7.05 Å². The number of hydrogen-bond acceptors (Lipinski definition) is 4. The molecule has 0 bridgehead atoms. The predicted molar refractivity (Wildman–Crippen MR) is 61.9 cm³/mol. The van der Waals surface area contributed by atoms with E-state index >= 15 is 0 Å². The highest BCUT2D eigenvalue weighted by Gasteiger charge is 2.17. The summed E-state index contributed by atoms with van der Waals surface area (Å²) in [7, 11) is -2.55. The maximum Gasteiger partial charge on any atom is 0.260 e. The Bertz CT molecular complexity index is 559. The van der Waals surface area contributed by atoms with E-state index in [1.165, 1.54) is 14.0 Å². The third-order valence-corrected chi connectivity index (χ3v) is 3.06. The van der Waals surface area contributed by atoms with Crippen LogP contribution in [0.15, 0.2) is 23.1 Å². The zero-order valence-corrected chi connectivity index (χ0v) is 10.6. The number of hydrogen-bond donors (Lipinski definition) is 2. The minimum absolute atomic E-state index is 0.224. The Morgan fingerprint density at radius 1 is 1.50 bits per heavy atom. The van der Waals surface area contributed by atoms with E-state index in [0.29, 0.717) is 0 Å². The van der Waals surface area contributed by atoms with Crippen LogP contribution in [0, 0.1) is 5.82 Å². The molecule has 0 radical (unpaired) electrons. The molecule has 0 aliphatic carbocycles. The number of benzene rings is 1. The number of amides is 1. The second kappa shape index (κ2) is 5.32. The average molecular weight is 276 g/mol. The number of likely N-dealkylation sites (N-methyl/N-ethyl adjacent to an activating group) is 1. The molecule has 1 unspecified atom stereocenters. The number of halogens is 1. The molecule has 6 nitrogen and oxygen atoms in total. The Morgan fingerprint density at radius 3 is 2.56 bits per heavy atom. The minimum atomic E-state index is -3.97. The second-order valence-corrected chi connectivity index (χ2v) is 5.07. The summed E-state index contributed by atoms with van der Waals surface area (Å²) >= 11 is 0. The molecule has 1 atom stereocenters. The van der Waals surface area contributed by atoms with Gasteiger partial charge in [-0.05, 0) is 25.1 Å². The third-order valence-electron chi connectivity index (χ3n) is 2.15. The van der Waals surface area contributed by atoms with E-state index in [2.05, 4.69) is 5.32 Å². The van der Waals surface area contributed by atoms with E-state index in [0.717, 1.165) is 18.2 Å². The van der Waals surface area contributed by atoms with Crippen molar-refractivity contribution in [2.45, 2.75) is 17.9 Å². The van der Waals surface area contributed by atoms with Crippen molar-refractivity contribution in [3.8, 4) is 5.75 Å². The van der Waals surface area contributed by atoms with Crippen LogP contribution in [0.5, 0.6) is 5.75 Å². The van der Waals surface area contributed by atoms with E-state index in [4.69, 9.17) is 9.88 Å². The number of ether oxygens (including phenoxy) is 1. The van der Waals surface area contributed by atoms with Gasteiger partial charge in [0.05, 0.1) is 4.90 Å². The van der Waals surface area contributed by atoms with E-state index in [-0.39, 0.29) is 10.6 Å². The number of carbonyl (C=O) groups is 1. The maximum atomic E-state index is 13.5. The number of primary sulfonamides is 1. The molecular formula is C10H13FN2O4S. The Hall–Kier alpha value is -1.67. The number of carbonyl (C=O) groups excluding carboxylic acids is 1. The van der Waals surface area contributed by atoms with Crippen LogP contribution in [0.1, 0.15) is 6.92 Å². The first-order valence-corrected chi connectivity index (χ1v) is 6.51. The molecule has 0 heterocycles. The largest absolute Gasteiger partial charge is 0.478 e. The first kappa shape index (κ1) is 14.4. The van der Waals surface area contributed by atoms with Gasteiger partial charge in [0.15, 0.2) is 17.7 Å². The molecule has 1 rings (SSSR count). The van der Waals surface area contributed by atoms with Crippen LogP contribution in [-0.4, -0.2) is 27.5 Å². The van der Waals surface area contributed by atoms with Gasteiger partial charge >= 0.3 is 0 Å². The molecule has 1 aromatic carbocycles. The summed E-state index contributed by atoms with van der Waals surface area (Å²) in [5, 5.41) is 7.19. The van der Waals surface area contributed by atoms with Crippen molar-refractivity contribution in [1.82, 2.24) is 5.32 Å². The van der Waals surface area contributed by atoms with Crippen LogP contribution in [-0.2, 0) is 14.8 Å². The lowest BCUT2D eigenvalue weighted by Crippen LogP contribution is -2.33. The normalized spacial score (nSPS) is 12.9. The first-order chi connectivity index (χ1) is 8.25. The topological polar surface area (TPSA) is 98.5 Å². The molecule has 18 heavy (non-hydrogen) atoms. The first-order valence-electron chi connectivity index (χ1n) is 4.96. The van der Waals surface area contributed by atoms with E-state index < -0.39 is 27.9 Å². The number of nitrogens with one attached hydrogen (secondary N) is 1. The van der Waals surface area contributed by atoms with Crippen LogP contribution >= 0.6 is 0 Å². The number of rotatable bonds is 4. The lowest BCUT2D eigenvalue weighted by molar-refractivity contribution is -0.126. The van der Waals surface area contributed by atoms with Crippen molar-refractivity contribution in [1.29, 1.82) is 0 Å². The molecule has 0 aliphatic rings. The molecule has 0 spiro atoms. The zero-order valence-electron chi connectivity index (χ0n) is 9.81. The molecule has 3 N–H and O–H groups in total. The third kappa shape index (κ3) is 3.41. The van der Waals surface area contributed by atoms with Gasteiger partial charge in [-0.15, -0.1) is 0 Å². The summed E-state index contributed by atoms with van der Waals surface area (Å²) in [5.41, 5.74) is 0. The molecule has 8 heteroatoms. The molecular weight excluding hydrogens is 263 g/mol. The lowest BCUT2D eigenvalue weighted by atomic mass is 10.3. The maximum absolute atomic E-state index is 13.5. The van der Waals surface area contributed by atoms with Crippen LogP contribution in [0.3, 0.4) is 0 Å². The van der Waals surface area contributed by atoms with E-state index in [1.807, 2.05) is 0 Å². The van der Waals surface area contributed by atoms with E-state index in [9.17, 15) is 17.6 Å². The quantitative estimate of drug-likeness (QED) is 0.807. The monoisotopic (exact) mass is 276 g/mol. The fraction of sp³-hybridized carbons (Fsp3) is 0.300. The van der Waals surface area contributed by atoms with Crippen molar-refractivity contribution in [3.05, 3.63) is 24.0 Å². The van der Waals surface area contributed by atoms with Crippen LogP contribution in [0.25, 0.3) is 0 Å². The van der Waals surface area contributed by atoms with Gasteiger partial charge in [-0.25, -0.2) is 17.9 Å². The van der Waals surface area contributed by atoms with Gasteiger partial charge in [-0.2, -0.15) is 0 Å². The summed E-state index contributed by atoms with van der Waals surface area (Å²) in [6.07, 6.45) is -0.898. The number of nitrogens with two attached hydrogens (primary N) is 1. The molecule has 0 saturated heterocycles. The molecule has 0 aliphatic heterocycles. The molecule has 100 valence electrons. The Morgan fingerprint density at radius 2 is 2.11 bits per heavy atom. The van der Waals surface area contributed by atoms with Gasteiger partial charge in [0.25, 0.3) is 5.91 Å². The fourth-order valence-electron chi connectivity index (χ4n) is 1.20. The van der Waals surface area contributed by atoms with Gasteiger partial charge in [0.2, 0.25) is 10.0 Å². The van der Waals surface area contributed by atoms with Crippen LogP contribution in [0.4, 0.5) is 4.39 Å². The lowest BCUT2D eigenvalue weighted by Gasteiger charge is -2.13. The molecule has 1 amide bonds. The van der Waals surface area contributed by atoms with Crippen LogP contribution in [0.2, 0.25) is 0 Å². The van der Waals surface area contributed by atoms with Gasteiger partial charge < -0.3 is 10.1 Å². The van der Waals surface area contributed by atoms with Crippen molar-refractivity contribution >= 4 is 15.9 Å². The zero-order chi connectivity index (χ0) is 13.9. The molecule has 0 fully saturated rings. The van der Waals surface area contributed by atoms with E-state index in [1.54, 1.807) is 0 Å². The summed E-state index contributed by atoms with van der Waals surface area (Å²) in [6.45, 7) is 1.44. The van der Waals surface area contributed by atoms with Crippen molar-refractivity contribution in [2.75, 3.05) is 7.05 Å². The predicted octanol–water partition coefficient (Wildman–Crippen LogP) is -0.0136. The van der Waals surface area contributed by atoms with Crippen molar-refractivity contribution in [3.63, 3.8) is 0 Å². The highest BCUT2D eigenvalue weighted by atomic mass is 32.2. The summed E-state index contributed by atoms with van der Waals surface area (Å²) in [5.74, 6) is -1.55. The number of sulfonamides is 1. The molecule has 0 saturated carbocycles. The van der Waals surface area contributed by atoms with Gasteiger partial charge in [0.1, 0.15) is 0 Å². The van der Waals surface area contributed by atoms with Crippen LogP contribution < -0.4 is 15.2 Å². The average Bonchev–Trinajstić information content (AvgIpc) is 2.29. The molecule has 1 aromatic rings. The standard InChI is InChI=1S/C10H13FN2O4S/c1-6(10(14)13-2)17-9-4-3-7(5-8(9)11)18(12,15)16/h3-6H,1-2H3,(H,13,14)(H2,12,15,16). The Labute approximate surface area is 104 Å². The van der Waals surface area contributed by atoms with Crippen molar-refractivity contribution < 1.29 is 22.3 Å². The van der Waals surface area contributed by atoms with Gasteiger partial charge in [-0.1, -0.05) is 0 Å². The SMILES string of the molecule is CNC(=O)C(C)Oc1ccc(S(N)(=O)=O)cc1F. The summed E-state index contributed by atoms with van der Waals surface area (Å²) in [6, 6.07) is 2.94. The van der Waals surface area contributed by atoms with Crippen molar-refractivity contribution in [2.24, 2.45) is 5.14 Å². The summed E-state index contributed by atoms with van der Waals surface area (Å²) < 4.78 is 40.5. The highest BCUT2D eigenvalue weighted by molar-refractivity contribution is 7.89. The smallest absolute Gasteiger partial charge is 0.260 e. The molecule has 0 aromatic heterocycles. The second-order valence-electron chi connectivity index (χ2n) is 3.51. The highest BCUT2D eigenvalue weighted by Crippen LogP contribution is 2.21. The Kier molecular flexibility index (Phi) is 4.25.